The molecule has 1 aromatic carbocycles. The van der Waals surface area contributed by atoms with E-state index in [0.717, 1.165) is 18.2 Å². The third kappa shape index (κ3) is 4.55. The minimum absolute atomic E-state index is 0.0454. The van der Waals surface area contributed by atoms with Crippen molar-refractivity contribution in [1.82, 2.24) is 5.32 Å². The number of alkyl halides is 1. The Hall–Kier alpha value is -2.77. The van der Waals surface area contributed by atoms with Crippen molar-refractivity contribution in [2.24, 2.45) is 0 Å². The molecule has 0 radical (unpaired) electrons. The van der Waals surface area contributed by atoms with Crippen LogP contribution < -0.4 is 5.32 Å². The van der Waals surface area contributed by atoms with Crippen molar-refractivity contribution in [3.8, 4) is 0 Å². The first kappa shape index (κ1) is 21.5. The SMILES string of the molecule is CC1=C(C(=O)OCCF)C(c2cc(F)ccc2F)C(C(=O)OC(C)C)=C(C)N1. The molecule has 0 amide bonds. The zero-order chi connectivity index (χ0) is 21.0. The van der Waals surface area contributed by atoms with Crippen LogP contribution >= 0.6 is 0 Å². The Bertz CT molecular complexity index is 846. The van der Waals surface area contributed by atoms with Crippen molar-refractivity contribution in [3.63, 3.8) is 0 Å². The summed E-state index contributed by atoms with van der Waals surface area (Å²) in [5, 5.41) is 2.87. The predicted molar refractivity (Wildman–Crippen MR) is 95.8 cm³/mol. The first-order valence-corrected chi connectivity index (χ1v) is 8.74. The Balaban J connectivity index is 2.67. The lowest BCUT2D eigenvalue weighted by Crippen LogP contribution is -2.33. The lowest BCUT2D eigenvalue weighted by Gasteiger charge is -2.31. The van der Waals surface area contributed by atoms with Gasteiger partial charge in [-0.15, -0.1) is 0 Å². The van der Waals surface area contributed by atoms with Gasteiger partial charge in [0.25, 0.3) is 0 Å². The normalized spacial score (nSPS) is 16.9. The zero-order valence-corrected chi connectivity index (χ0v) is 16.1. The van der Waals surface area contributed by atoms with Gasteiger partial charge >= 0.3 is 11.9 Å². The van der Waals surface area contributed by atoms with Gasteiger partial charge in [-0.25, -0.2) is 22.8 Å². The lowest BCUT2D eigenvalue weighted by molar-refractivity contribution is -0.143. The zero-order valence-electron chi connectivity index (χ0n) is 16.1. The molecule has 0 bridgehead atoms. The van der Waals surface area contributed by atoms with Crippen molar-refractivity contribution in [2.45, 2.75) is 39.7 Å². The minimum Gasteiger partial charge on any atom is -0.460 e. The molecule has 5 nitrogen and oxygen atoms in total. The van der Waals surface area contributed by atoms with E-state index in [0.29, 0.717) is 5.70 Å². The fraction of sp³-hybridized carbons (Fsp3) is 0.400. The maximum atomic E-state index is 14.6. The Labute approximate surface area is 161 Å². The summed E-state index contributed by atoms with van der Waals surface area (Å²) >= 11 is 0. The maximum Gasteiger partial charge on any atom is 0.337 e. The van der Waals surface area contributed by atoms with E-state index < -0.39 is 48.9 Å². The van der Waals surface area contributed by atoms with Gasteiger partial charge < -0.3 is 14.8 Å². The molecule has 2 rings (SSSR count). The number of halogens is 3. The van der Waals surface area contributed by atoms with Gasteiger partial charge in [0.1, 0.15) is 24.9 Å². The summed E-state index contributed by atoms with van der Waals surface area (Å²) in [6, 6.07) is 2.75. The molecule has 1 aromatic rings. The van der Waals surface area contributed by atoms with Crippen molar-refractivity contribution in [1.29, 1.82) is 0 Å². The second kappa shape index (κ2) is 8.95. The van der Waals surface area contributed by atoms with E-state index in [-0.39, 0.29) is 22.4 Å². The molecule has 1 aliphatic heterocycles. The Kier molecular flexibility index (Phi) is 6.88. The summed E-state index contributed by atoms with van der Waals surface area (Å²) in [6.07, 6.45) is -0.472. The largest absolute Gasteiger partial charge is 0.460 e. The van der Waals surface area contributed by atoms with Gasteiger partial charge in [0.15, 0.2) is 0 Å². The Morgan fingerprint density at radius 2 is 1.71 bits per heavy atom. The van der Waals surface area contributed by atoms with Crippen LogP contribution in [0.4, 0.5) is 13.2 Å². The van der Waals surface area contributed by atoms with E-state index in [9.17, 15) is 22.8 Å². The van der Waals surface area contributed by atoms with Crippen LogP contribution in [0.2, 0.25) is 0 Å². The second-order valence-corrected chi connectivity index (χ2v) is 6.58. The third-order valence-corrected chi connectivity index (χ3v) is 4.12. The number of nitrogens with one attached hydrogen (secondary N) is 1. The van der Waals surface area contributed by atoms with E-state index in [1.807, 2.05) is 0 Å². The van der Waals surface area contributed by atoms with Crippen LogP contribution in [0.5, 0.6) is 0 Å². The highest BCUT2D eigenvalue weighted by Crippen LogP contribution is 2.40. The van der Waals surface area contributed by atoms with Gasteiger partial charge in [0.2, 0.25) is 0 Å². The molecule has 0 aliphatic carbocycles. The number of ether oxygens (including phenoxy) is 2. The second-order valence-electron chi connectivity index (χ2n) is 6.58. The average Bonchev–Trinajstić information content (AvgIpc) is 2.60. The summed E-state index contributed by atoms with van der Waals surface area (Å²) in [5.74, 6) is -4.52. The van der Waals surface area contributed by atoms with Crippen LogP contribution in [0, 0.1) is 11.6 Å². The number of carbonyl (C=O) groups is 2. The van der Waals surface area contributed by atoms with Gasteiger partial charge in [0.05, 0.1) is 23.2 Å². The topological polar surface area (TPSA) is 64.6 Å². The Morgan fingerprint density at radius 1 is 1.11 bits per heavy atom. The fourth-order valence-corrected chi connectivity index (χ4v) is 3.07. The number of rotatable bonds is 6. The molecule has 0 spiro atoms. The molecule has 1 N–H and O–H groups in total. The minimum atomic E-state index is -1.27. The van der Waals surface area contributed by atoms with E-state index in [1.54, 1.807) is 20.8 Å². The molecule has 152 valence electrons. The van der Waals surface area contributed by atoms with Crippen LogP contribution in [0.3, 0.4) is 0 Å². The molecule has 0 fully saturated rings. The number of dihydropyridines is 1. The number of allylic oxidation sites excluding steroid dienone is 2. The van der Waals surface area contributed by atoms with Crippen LogP contribution in [0.15, 0.2) is 40.7 Å². The highest BCUT2D eigenvalue weighted by atomic mass is 19.1. The molecule has 0 saturated carbocycles. The predicted octanol–water partition coefficient (Wildman–Crippen LogP) is 3.66. The molecule has 1 aliphatic rings. The van der Waals surface area contributed by atoms with E-state index in [2.05, 4.69) is 5.32 Å². The van der Waals surface area contributed by atoms with Crippen molar-refractivity contribution in [3.05, 3.63) is 57.9 Å². The monoisotopic (exact) mass is 397 g/mol. The number of hydrogen-bond acceptors (Lipinski definition) is 5. The smallest absolute Gasteiger partial charge is 0.337 e. The van der Waals surface area contributed by atoms with Crippen molar-refractivity contribution >= 4 is 11.9 Å². The van der Waals surface area contributed by atoms with E-state index in [1.165, 1.54) is 6.92 Å². The lowest BCUT2D eigenvalue weighted by atomic mass is 9.80. The molecule has 28 heavy (non-hydrogen) atoms. The molecule has 8 heteroatoms. The highest BCUT2D eigenvalue weighted by molar-refractivity contribution is 6.00. The van der Waals surface area contributed by atoms with Crippen LogP contribution in [-0.2, 0) is 19.1 Å². The number of carbonyl (C=O) groups excluding carboxylic acids is 2. The molecule has 0 saturated heterocycles. The van der Waals surface area contributed by atoms with Crippen molar-refractivity contribution < 1.29 is 32.2 Å². The Morgan fingerprint density at radius 3 is 2.29 bits per heavy atom. The molecule has 1 unspecified atom stereocenters. The van der Waals surface area contributed by atoms with Gasteiger partial charge in [-0.3, -0.25) is 0 Å². The third-order valence-electron chi connectivity index (χ3n) is 4.12. The van der Waals surface area contributed by atoms with Crippen LogP contribution in [0.25, 0.3) is 0 Å². The summed E-state index contributed by atoms with van der Waals surface area (Å²) in [5.41, 5.74) is 0.244. The first-order chi connectivity index (χ1) is 13.2. The standard InChI is InChI=1S/C20H22F3NO4/c1-10(2)28-20(26)17-12(4)24-11(3)16(19(25)27-8-7-21)18(17)14-9-13(22)5-6-15(14)23/h5-6,9-10,18,24H,7-8H2,1-4H3. The fourth-order valence-electron chi connectivity index (χ4n) is 3.07. The van der Waals surface area contributed by atoms with Gasteiger partial charge in [0, 0.05) is 17.0 Å². The van der Waals surface area contributed by atoms with Gasteiger partial charge in [-0.05, 0) is 45.9 Å². The van der Waals surface area contributed by atoms with E-state index >= 15 is 0 Å². The van der Waals surface area contributed by atoms with Crippen LogP contribution in [0.1, 0.15) is 39.2 Å². The quantitative estimate of drug-likeness (QED) is 0.743. The summed E-state index contributed by atoms with van der Waals surface area (Å²) < 4.78 is 51.0. The molecule has 1 atom stereocenters. The van der Waals surface area contributed by atoms with E-state index in [4.69, 9.17) is 9.47 Å². The summed E-state index contributed by atoms with van der Waals surface area (Å²) in [6.45, 7) is 4.97. The average molecular weight is 397 g/mol. The molecule has 0 aromatic heterocycles. The van der Waals surface area contributed by atoms with Crippen LogP contribution in [-0.4, -0.2) is 31.3 Å². The number of hydrogen-bond donors (Lipinski definition) is 1. The number of benzene rings is 1. The van der Waals surface area contributed by atoms with Crippen molar-refractivity contribution in [2.75, 3.05) is 13.3 Å². The maximum absolute atomic E-state index is 14.6. The number of esters is 2. The molecular weight excluding hydrogens is 375 g/mol. The summed E-state index contributed by atoms with van der Waals surface area (Å²) in [7, 11) is 0. The first-order valence-electron chi connectivity index (χ1n) is 8.74. The molecular formula is C20H22F3NO4. The molecule has 1 heterocycles. The van der Waals surface area contributed by atoms with Gasteiger partial charge in [-0.2, -0.15) is 0 Å². The van der Waals surface area contributed by atoms with Gasteiger partial charge in [-0.1, -0.05) is 0 Å². The summed E-state index contributed by atoms with van der Waals surface area (Å²) in [4.78, 5) is 25.3. The highest BCUT2D eigenvalue weighted by Gasteiger charge is 2.39.